The number of carbonyl (C=O) groups excluding carboxylic acids is 1. The molecule has 9 nitrogen and oxygen atoms in total. The molecule has 3 aromatic carbocycles. The predicted octanol–water partition coefficient (Wildman–Crippen LogP) is 6.47. The van der Waals surface area contributed by atoms with Crippen molar-refractivity contribution in [2.24, 2.45) is 0 Å². The standard InChI is InChI=1S/C34H29F3N4O5/c1-44-29-13-8-22(15-30(29)45-2)23-14-26(32(38)39-16-23)20-6-11-25(12-7-20)40-33(43)28-18-41(19-34(36,37)46-3)17-27(31(28)42)21-4-9-24(35)10-5-21/h4-18H,19H2,1-3H3,(H2,38,39)(H,40,43). The number of nitrogens with zero attached hydrogens (tertiary/aromatic N) is 2. The normalized spacial score (nSPS) is 11.3. The summed E-state index contributed by atoms with van der Waals surface area (Å²) < 4.78 is 57.7. The molecule has 12 heteroatoms. The van der Waals surface area contributed by atoms with Gasteiger partial charge in [0, 0.05) is 48.1 Å². The molecular weight excluding hydrogens is 601 g/mol. The van der Waals surface area contributed by atoms with E-state index in [0.717, 1.165) is 41.1 Å². The van der Waals surface area contributed by atoms with Crippen molar-refractivity contribution in [2.45, 2.75) is 12.7 Å². The SMILES string of the molecule is COc1ccc(-c2cnc(N)c(-c3ccc(NC(=O)c4cn(CC(F)(F)OC)cc(-c5ccc(F)cc5)c4=O)cc3)c2)cc1OC. The van der Waals surface area contributed by atoms with Crippen molar-refractivity contribution in [3.05, 3.63) is 113 Å². The smallest absolute Gasteiger partial charge is 0.373 e. The minimum atomic E-state index is -3.58. The van der Waals surface area contributed by atoms with Gasteiger partial charge in [-0.1, -0.05) is 30.3 Å². The Labute approximate surface area is 262 Å². The molecule has 0 aliphatic heterocycles. The van der Waals surface area contributed by atoms with Crippen molar-refractivity contribution in [3.63, 3.8) is 0 Å². The van der Waals surface area contributed by atoms with Gasteiger partial charge in [0.05, 0.1) is 14.2 Å². The first-order chi connectivity index (χ1) is 22.0. The van der Waals surface area contributed by atoms with E-state index in [1.54, 1.807) is 50.7 Å². The Kier molecular flexibility index (Phi) is 9.10. The number of ether oxygens (including phenoxy) is 3. The molecule has 2 heterocycles. The number of anilines is 2. The van der Waals surface area contributed by atoms with Gasteiger partial charge in [-0.15, -0.1) is 0 Å². The van der Waals surface area contributed by atoms with Gasteiger partial charge in [0.2, 0.25) is 5.43 Å². The number of nitrogens with two attached hydrogens (primary N) is 1. The molecule has 0 radical (unpaired) electrons. The van der Waals surface area contributed by atoms with E-state index in [2.05, 4.69) is 15.0 Å². The molecule has 0 aliphatic rings. The summed E-state index contributed by atoms with van der Waals surface area (Å²) in [5.74, 6) is 0.0554. The highest BCUT2D eigenvalue weighted by Gasteiger charge is 2.29. The second-order valence-corrected chi connectivity index (χ2v) is 10.2. The first kappa shape index (κ1) is 31.8. The molecule has 5 aromatic rings. The van der Waals surface area contributed by atoms with E-state index < -0.39 is 35.4 Å². The van der Waals surface area contributed by atoms with Gasteiger partial charge < -0.3 is 29.8 Å². The lowest BCUT2D eigenvalue weighted by molar-refractivity contribution is -0.229. The number of amides is 1. The maximum Gasteiger partial charge on any atom is 0.373 e. The fourth-order valence-corrected chi connectivity index (χ4v) is 4.81. The van der Waals surface area contributed by atoms with Crippen molar-refractivity contribution < 1.29 is 32.2 Å². The zero-order chi connectivity index (χ0) is 33.0. The molecule has 2 aromatic heterocycles. The summed E-state index contributed by atoms with van der Waals surface area (Å²) in [7, 11) is 3.95. The zero-order valence-electron chi connectivity index (χ0n) is 25.0. The Balaban J connectivity index is 1.43. The van der Waals surface area contributed by atoms with Crippen LogP contribution in [0.3, 0.4) is 0 Å². The molecule has 0 atom stereocenters. The van der Waals surface area contributed by atoms with Crippen molar-refractivity contribution >= 4 is 17.4 Å². The van der Waals surface area contributed by atoms with E-state index in [0.29, 0.717) is 28.3 Å². The number of nitrogen functional groups attached to an aromatic ring is 1. The fraction of sp³-hybridized carbons (Fsp3) is 0.147. The summed E-state index contributed by atoms with van der Waals surface area (Å²) in [5.41, 5.74) is 8.55. The number of hydrogen-bond acceptors (Lipinski definition) is 7. The molecule has 0 aliphatic carbocycles. The highest BCUT2D eigenvalue weighted by Crippen LogP contribution is 2.35. The highest BCUT2D eigenvalue weighted by atomic mass is 19.3. The van der Waals surface area contributed by atoms with E-state index >= 15 is 0 Å². The number of hydrogen-bond donors (Lipinski definition) is 2. The van der Waals surface area contributed by atoms with Crippen LogP contribution in [0.5, 0.6) is 11.5 Å². The molecule has 0 spiro atoms. The molecular formula is C34H29F3N4O5. The van der Waals surface area contributed by atoms with E-state index in [-0.39, 0.29) is 16.9 Å². The minimum absolute atomic E-state index is 0.0627. The Bertz CT molecular complexity index is 1950. The third kappa shape index (κ3) is 6.87. The van der Waals surface area contributed by atoms with Crippen LogP contribution in [0.4, 0.5) is 24.7 Å². The molecule has 0 saturated carbocycles. The second-order valence-electron chi connectivity index (χ2n) is 10.2. The van der Waals surface area contributed by atoms with Gasteiger partial charge in [-0.05, 0) is 59.2 Å². The van der Waals surface area contributed by atoms with Crippen LogP contribution >= 0.6 is 0 Å². The first-order valence-corrected chi connectivity index (χ1v) is 13.8. The lowest BCUT2D eigenvalue weighted by Crippen LogP contribution is -2.29. The van der Waals surface area contributed by atoms with Crippen LogP contribution in [0.15, 0.2) is 96.2 Å². The summed E-state index contributed by atoms with van der Waals surface area (Å²) >= 11 is 0. The molecule has 0 fully saturated rings. The number of carbonyl (C=O) groups is 1. The predicted molar refractivity (Wildman–Crippen MR) is 169 cm³/mol. The van der Waals surface area contributed by atoms with Gasteiger partial charge in [-0.2, -0.15) is 8.78 Å². The zero-order valence-corrected chi connectivity index (χ0v) is 25.0. The van der Waals surface area contributed by atoms with Crippen LogP contribution in [-0.4, -0.2) is 42.9 Å². The largest absolute Gasteiger partial charge is 0.493 e. The molecule has 0 saturated heterocycles. The number of rotatable bonds is 10. The quantitative estimate of drug-likeness (QED) is 0.182. The van der Waals surface area contributed by atoms with E-state index in [9.17, 15) is 22.8 Å². The Morgan fingerprint density at radius 3 is 2.13 bits per heavy atom. The van der Waals surface area contributed by atoms with Gasteiger partial charge in [0.15, 0.2) is 11.5 Å². The summed E-state index contributed by atoms with van der Waals surface area (Å²) in [6.45, 7) is -0.967. The Morgan fingerprint density at radius 1 is 0.848 bits per heavy atom. The van der Waals surface area contributed by atoms with E-state index in [1.165, 1.54) is 18.3 Å². The van der Waals surface area contributed by atoms with Crippen molar-refractivity contribution in [1.82, 2.24) is 9.55 Å². The number of nitrogens with one attached hydrogen (secondary N) is 1. The van der Waals surface area contributed by atoms with Crippen LogP contribution in [0, 0.1) is 5.82 Å². The molecule has 46 heavy (non-hydrogen) atoms. The number of pyridine rings is 2. The van der Waals surface area contributed by atoms with Crippen LogP contribution in [0.1, 0.15) is 10.4 Å². The van der Waals surface area contributed by atoms with Crippen molar-refractivity contribution in [3.8, 4) is 44.9 Å². The summed E-state index contributed by atoms with van der Waals surface area (Å²) in [6, 6.07) is 18.9. The average molecular weight is 631 g/mol. The number of aromatic nitrogens is 2. The van der Waals surface area contributed by atoms with E-state index in [1.807, 2.05) is 18.2 Å². The first-order valence-electron chi connectivity index (χ1n) is 13.8. The van der Waals surface area contributed by atoms with Gasteiger partial charge in [-0.3, -0.25) is 9.59 Å². The molecule has 1 amide bonds. The van der Waals surface area contributed by atoms with E-state index in [4.69, 9.17) is 15.2 Å². The monoisotopic (exact) mass is 630 g/mol. The lowest BCUT2D eigenvalue weighted by atomic mass is 10.0. The summed E-state index contributed by atoms with van der Waals surface area (Å²) in [4.78, 5) is 31.0. The molecule has 0 bridgehead atoms. The summed E-state index contributed by atoms with van der Waals surface area (Å²) in [6.07, 6.45) is 0.261. The average Bonchev–Trinajstić information content (AvgIpc) is 3.06. The van der Waals surface area contributed by atoms with Gasteiger partial charge in [0.25, 0.3) is 5.91 Å². The van der Waals surface area contributed by atoms with Gasteiger partial charge in [0.1, 0.15) is 23.7 Å². The maximum atomic E-state index is 14.1. The van der Waals surface area contributed by atoms with Gasteiger partial charge in [-0.25, -0.2) is 9.37 Å². The third-order valence-electron chi connectivity index (χ3n) is 7.23. The Hall–Kier alpha value is -5.62. The summed E-state index contributed by atoms with van der Waals surface area (Å²) in [5, 5.41) is 2.64. The van der Waals surface area contributed by atoms with Crippen LogP contribution in [0.25, 0.3) is 33.4 Å². The number of methoxy groups -OCH3 is 3. The molecule has 0 unspecified atom stereocenters. The fourth-order valence-electron chi connectivity index (χ4n) is 4.81. The second kappa shape index (κ2) is 13.2. The molecule has 3 N–H and O–H groups in total. The van der Waals surface area contributed by atoms with Crippen molar-refractivity contribution in [2.75, 3.05) is 32.4 Å². The number of alkyl halides is 2. The molecule has 5 rings (SSSR count). The minimum Gasteiger partial charge on any atom is -0.493 e. The van der Waals surface area contributed by atoms with Crippen LogP contribution in [0.2, 0.25) is 0 Å². The Morgan fingerprint density at radius 2 is 1.48 bits per heavy atom. The lowest BCUT2D eigenvalue weighted by Gasteiger charge is -2.18. The molecule has 236 valence electrons. The van der Waals surface area contributed by atoms with Crippen LogP contribution < -0.4 is 26.0 Å². The topological polar surface area (TPSA) is 118 Å². The van der Waals surface area contributed by atoms with Crippen molar-refractivity contribution in [1.29, 1.82) is 0 Å². The maximum absolute atomic E-state index is 14.1. The van der Waals surface area contributed by atoms with Crippen LogP contribution in [-0.2, 0) is 11.3 Å². The third-order valence-corrected chi connectivity index (χ3v) is 7.23. The van der Waals surface area contributed by atoms with Gasteiger partial charge >= 0.3 is 6.11 Å². The number of halogens is 3. The highest BCUT2D eigenvalue weighted by molar-refractivity contribution is 6.04. The number of benzene rings is 3.